The summed E-state index contributed by atoms with van der Waals surface area (Å²) in [6.07, 6.45) is -4.24. The number of amides is 5. The molecule has 34 nitrogen and oxygen atoms in total. The number of aliphatic carboxylic acids is 9. The lowest BCUT2D eigenvalue weighted by Crippen LogP contribution is -2.58. The van der Waals surface area contributed by atoms with Crippen molar-refractivity contribution >= 4 is 108 Å². The number of rotatable bonds is 46. The highest BCUT2D eigenvalue weighted by Gasteiger charge is 2.56. The minimum Gasteiger partial charge on any atom is -0.481 e. The van der Waals surface area contributed by atoms with Crippen LogP contribution in [0.2, 0.25) is 10.1 Å². The number of hydrogen-bond donors (Lipinski definition) is 14. The average molecular weight is 1470 g/mol. The van der Waals surface area contributed by atoms with Gasteiger partial charge in [-0.25, -0.2) is 9.59 Å². The second-order valence-corrected chi connectivity index (χ2v) is 32.4. The Hall–Kier alpha value is -8.87. The van der Waals surface area contributed by atoms with E-state index in [2.05, 4.69) is 26.6 Å². The molecule has 6 atom stereocenters. The Morgan fingerprint density at radius 3 is 1.31 bits per heavy atom. The predicted octanol–water partition coefficient (Wildman–Crippen LogP) is 1.06. The van der Waals surface area contributed by atoms with E-state index in [0.29, 0.717) is 5.19 Å². The number of benzene rings is 1. The third-order valence-corrected chi connectivity index (χ3v) is 22.7. The van der Waals surface area contributed by atoms with Crippen molar-refractivity contribution in [2.45, 2.75) is 185 Å². The summed E-state index contributed by atoms with van der Waals surface area (Å²) in [4.78, 5) is 205. The van der Waals surface area contributed by atoms with E-state index in [4.69, 9.17) is 5.11 Å². The lowest BCUT2D eigenvalue weighted by Gasteiger charge is -2.44. The molecule has 0 radical (unpaired) electrons. The Labute approximate surface area is 591 Å². The van der Waals surface area contributed by atoms with Crippen LogP contribution in [0.15, 0.2) is 24.3 Å². The van der Waals surface area contributed by atoms with Crippen LogP contribution in [0, 0.1) is 11.8 Å². The van der Waals surface area contributed by atoms with Crippen LogP contribution in [-0.4, -0.2) is 278 Å². The van der Waals surface area contributed by atoms with Crippen LogP contribution in [-0.2, 0) is 71.9 Å². The van der Waals surface area contributed by atoms with Crippen LogP contribution in [0.25, 0.3) is 0 Å². The first-order valence-electron chi connectivity index (χ1n) is 33.7. The molecule has 1 saturated heterocycles. The Bertz CT molecular complexity index is 3040. The third kappa shape index (κ3) is 33.3. The first-order valence-corrected chi connectivity index (χ1v) is 35.6. The molecule has 0 spiro atoms. The molecule has 1 aliphatic rings. The van der Waals surface area contributed by atoms with E-state index >= 15 is 4.11 Å². The van der Waals surface area contributed by atoms with Gasteiger partial charge < -0.3 is 76.7 Å². The third-order valence-electron chi connectivity index (χ3n) is 17.4. The molecule has 0 aliphatic carbocycles. The van der Waals surface area contributed by atoms with Crippen molar-refractivity contribution in [2.75, 3.05) is 85.1 Å². The number of halogens is 1. The number of nitrogens with one attached hydrogen (secondary N) is 5. The van der Waals surface area contributed by atoms with Gasteiger partial charge in [-0.2, -0.15) is 0 Å². The molecule has 1 heterocycles. The van der Waals surface area contributed by atoms with Gasteiger partial charge >= 0.3 is 53.7 Å². The normalized spacial score (nSPS) is 15.8. The maximum absolute atomic E-state index is 17.2. The van der Waals surface area contributed by atoms with Crippen LogP contribution in [0.1, 0.15) is 161 Å². The molecule has 572 valence electrons. The maximum Gasteiger partial charge on any atom is 0.326 e. The summed E-state index contributed by atoms with van der Waals surface area (Å²) in [5.74, 6) is -20.1. The predicted molar refractivity (Wildman–Crippen MR) is 362 cm³/mol. The van der Waals surface area contributed by atoms with Crippen LogP contribution in [0.3, 0.4) is 0 Å². The highest BCUT2D eigenvalue weighted by Crippen LogP contribution is 2.51. The van der Waals surface area contributed by atoms with Crippen molar-refractivity contribution in [3.05, 3.63) is 29.8 Å². The van der Waals surface area contributed by atoms with Crippen LogP contribution in [0.5, 0.6) is 0 Å². The summed E-state index contributed by atoms with van der Waals surface area (Å²) in [6, 6.07) is -0.401. The van der Waals surface area contributed by atoms with Gasteiger partial charge in [0, 0.05) is 122 Å². The second-order valence-electron chi connectivity index (χ2n) is 27.5. The first kappa shape index (κ1) is 89.2. The van der Waals surface area contributed by atoms with Crippen molar-refractivity contribution in [2.24, 2.45) is 11.8 Å². The van der Waals surface area contributed by atoms with E-state index in [-0.39, 0.29) is 141 Å². The van der Waals surface area contributed by atoms with Crippen LogP contribution < -0.4 is 31.8 Å². The summed E-state index contributed by atoms with van der Waals surface area (Å²) in [5.41, 5.74) is -0.0282. The van der Waals surface area contributed by atoms with E-state index in [1.807, 2.05) is 0 Å². The number of hydrogen-bond acceptors (Lipinski definition) is 20. The largest absolute Gasteiger partial charge is 0.481 e. The number of nitrogens with zero attached hydrogens (tertiary/aromatic N) is 4. The number of carbonyl (C=O) groups is 16. The number of ketones is 2. The van der Waals surface area contributed by atoms with E-state index < -0.39 is 208 Å². The standard InChI is InChI=1S/C66H102FN9O25Si/c1-65(2,3)102(67,66(4,5)6)46-19-14-41(15-20-46)58(90)72-49(37-69-52(80)24-21-50(64(100)101)76-33-31-74(39-56(86)87)29-27-73(38-55(84)85)28-30-75(32-34-76)40-57(88)89)59(91)71-48(63(98)99)13-9-10-26-68-51(79)23-18-44(77)11-7-8-12-47(62(96)97)70-53(81)22-16-42(60(92)93)35-45(78)36-43(61(94)95)17-25-54(82)83/h14-15,19-20,42-43,47-50H,7-13,16-18,21-40H2,1-6H3,(H,68,79)(H,69,80)(H,70,81)(H,71,91)(H,72,90)(H,82,83)(H,84,85)(H,86,87)(H,88,89)(H,92,93)(H,94,95)(H,96,97)(H,98,99)(H,100,101)/t42-,43-,47?,48?,49?,50?/m1/s1. The molecule has 2 rings (SSSR count). The average Bonchev–Trinajstić information content (AvgIpc) is 0.748. The zero-order valence-corrected chi connectivity index (χ0v) is 59.7. The molecule has 0 aromatic heterocycles. The lowest BCUT2D eigenvalue weighted by atomic mass is 9.90. The van der Waals surface area contributed by atoms with Crippen molar-refractivity contribution in [1.82, 2.24) is 46.2 Å². The van der Waals surface area contributed by atoms with Crippen molar-refractivity contribution < 1.29 is 127 Å². The molecular formula is C66H102FN9O25Si. The number of carboxylic acid groups (broad SMARTS) is 9. The van der Waals surface area contributed by atoms with Gasteiger partial charge in [-0.05, 0) is 78.8 Å². The fourth-order valence-electron chi connectivity index (χ4n) is 12.0. The smallest absolute Gasteiger partial charge is 0.326 e. The monoisotopic (exact) mass is 1470 g/mol. The van der Waals surface area contributed by atoms with Crippen molar-refractivity contribution in [3.8, 4) is 0 Å². The molecule has 1 fully saturated rings. The summed E-state index contributed by atoms with van der Waals surface area (Å²) in [5, 5.41) is 98.2. The quantitative estimate of drug-likeness (QED) is 0.0246. The van der Waals surface area contributed by atoms with E-state index in [1.165, 1.54) is 43.9 Å². The van der Waals surface area contributed by atoms with Gasteiger partial charge in [0.25, 0.3) is 14.3 Å². The Balaban J connectivity index is 2.13. The Morgan fingerprint density at radius 1 is 0.431 bits per heavy atom. The number of Topliss-reactive ketones (excluding diaryl/α,β-unsaturated/α-hetero) is 2. The highest BCUT2D eigenvalue weighted by molar-refractivity contribution is 6.90. The van der Waals surface area contributed by atoms with Crippen molar-refractivity contribution in [1.29, 1.82) is 0 Å². The number of carboxylic acids is 9. The highest BCUT2D eigenvalue weighted by atomic mass is 28.4. The fourth-order valence-corrected chi connectivity index (χ4v) is 16.6. The minimum atomic E-state index is -3.81. The molecule has 1 aromatic carbocycles. The molecule has 5 amide bonds. The van der Waals surface area contributed by atoms with Crippen LogP contribution in [0.4, 0.5) is 4.11 Å². The van der Waals surface area contributed by atoms with Gasteiger partial charge in [0.15, 0.2) is 0 Å². The van der Waals surface area contributed by atoms with Gasteiger partial charge in [0.1, 0.15) is 35.7 Å². The molecule has 36 heteroatoms. The molecule has 1 aliphatic heterocycles. The zero-order valence-electron chi connectivity index (χ0n) is 58.7. The topological polar surface area (TPSA) is 528 Å². The maximum atomic E-state index is 17.2. The summed E-state index contributed by atoms with van der Waals surface area (Å²) < 4.78 is 17.2. The molecule has 14 N–H and O–H groups in total. The molecular weight excluding hydrogens is 1370 g/mol. The molecule has 0 bridgehead atoms. The summed E-state index contributed by atoms with van der Waals surface area (Å²) >= 11 is 0. The SMILES string of the molecule is CC(C)(C)[Si](F)(c1ccc(C(=O)NC(CNC(=O)CCC(C(=O)O)N2CCN(CC(=O)O)CCN(CC(=O)O)CCN(CC(=O)O)CC2)C(=O)NC(CCCCNC(=O)CCC(=O)CCCCC(NC(=O)CC[C@H](CC(=O)C[C@@H](CCC(=O)O)C(=O)O)C(=O)O)C(=O)O)C(=O)O)cc1)C(C)(C)C. The summed E-state index contributed by atoms with van der Waals surface area (Å²) in [6.45, 7) is 8.74. The van der Waals surface area contributed by atoms with Gasteiger partial charge in [-0.1, -0.05) is 60.1 Å². The van der Waals surface area contributed by atoms with E-state index in [1.54, 1.807) is 41.5 Å². The van der Waals surface area contributed by atoms with Crippen LogP contribution >= 0.6 is 0 Å². The van der Waals surface area contributed by atoms with Gasteiger partial charge in [0.2, 0.25) is 23.6 Å². The van der Waals surface area contributed by atoms with Gasteiger partial charge in [-0.15, -0.1) is 0 Å². The lowest BCUT2D eigenvalue weighted by molar-refractivity contribution is -0.147. The Morgan fingerprint density at radius 2 is 0.873 bits per heavy atom. The number of carbonyl (C=O) groups excluding carboxylic acids is 7. The molecule has 1 aromatic rings. The Kier molecular flexibility index (Phi) is 38.3. The minimum absolute atomic E-state index is 0.0109. The van der Waals surface area contributed by atoms with Crippen molar-refractivity contribution in [3.63, 3.8) is 0 Å². The molecule has 4 unspecified atom stereocenters. The fraction of sp³-hybridized carbons (Fsp3) is 0.667. The summed E-state index contributed by atoms with van der Waals surface area (Å²) in [7, 11) is -3.81. The van der Waals surface area contributed by atoms with Gasteiger partial charge in [-0.3, -0.25) is 86.7 Å². The second kappa shape index (κ2) is 43.8. The molecule has 0 saturated carbocycles. The number of unbranched alkanes of at least 4 members (excludes halogenated alkanes) is 2. The van der Waals surface area contributed by atoms with E-state index in [0.717, 1.165) is 0 Å². The van der Waals surface area contributed by atoms with Gasteiger partial charge in [0.05, 0.1) is 31.5 Å². The zero-order chi connectivity index (χ0) is 77.2. The van der Waals surface area contributed by atoms with E-state index in [9.17, 15) is 118 Å². The first-order chi connectivity index (χ1) is 47.5. The molecule has 102 heavy (non-hydrogen) atoms.